The van der Waals surface area contributed by atoms with Gasteiger partial charge in [0.25, 0.3) is 9.05 Å². The molecule has 4 nitrogen and oxygen atoms in total. The minimum Gasteiger partial charge on any atom is -0.248 e. The van der Waals surface area contributed by atoms with Crippen LogP contribution in [0.15, 0.2) is 29.2 Å². The molecule has 0 amide bonds. The normalized spacial score (nSPS) is 15.4. The van der Waals surface area contributed by atoms with E-state index in [-0.39, 0.29) is 16.0 Å². The Balaban J connectivity index is 2.06. The molecule has 1 saturated carbocycles. The van der Waals surface area contributed by atoms with Crippen molar-refractivity contribution < 1.29 is 8.42 Å². The topological polar surface area (TPSA) is 52.0 Å². The van der Waals surface area contributed by atoms with Gasteiger partial charge in [0, 0.05) is 21.6 Å². The van der Waals surface area contributed by atoms with Gasteiger partial charge in [-0.2, -0.15) is 5.10 Å². The fraction of sp³-hybridized carbons (Fsp3) is 0.308. The molecule has 21 heavy (non-hydrogen) atoms. The Labute approximate surface area is 137 Å². The van der Waals surface area contributed by atoms with Crippen LogP contribution in [0.1, 0.15) is 30.0 Å². The molecule has 1 aliphatic carbocycles. The van der Waals surface area contributed by atoms with Crippen LogP contribution in [0.5, 0.6) is 0 Å². The molecular weight excluding hydrogens is 355 g/mol. The van der Waals surface area contributed by atoms with Gasteiger partial charge in [-0.15, -0.1) is 0 Å². The van der Waals surface area contributed by atoms with E-state index in [1.165, 1.54) is 4.68 Å². The van der Waals surface area contributed by atoms with Crippen molar-refractivity contribution in [3.63, 3.8) is 0 Å². The summed E-state index contributed by atoms with van der Waals surface area (Å²) >= 11 is 12.3. The summed E-state index contributed by atoms with van der Waals surface area (Å²) < 4.78 is 24.9. The molecule has 1 heterocycles. The van der Waals surface area contributed by atoms with Crippen LogP contribution >= 0.6 is 33.9 Å². The Bertz CT molecular complexity index is 798. The molecule has 0 radical (unpaired) electrons. The molecule has 0 aliphatic heterocycles. The highest BCUT2D eigenvalue weighted by Gasteiger charge is 2.36. The fourth-order valence-electron chi connectivity index (χ4n) is 2.18. The molecule has 3 rings (SSSR count). The quantitative estimate of drug-likeness (QED) is 0.768. The Morgan fingerprint density at radius 1 is 1.24 bits per heavy atom. The number of hydrogen-bond acceptors (Lipinski definition) is 3. The first-order valence-electron chi connectivity index (χ1n) is 6.32. The van der Waals surface area contributed by atoms with Crippen LogP contribution in [0, 0.1) is 0 Å². The van der Waals surface area contributed by atoms with E-state index in [1.54, 1.807) is 6.07 Å². The fourth-order valence-corrected chi connectivity index (χ4v) is 4.22. The van der Waals surface area contributed by atoms with Crippen molar-refractivity contribution in [2.75, 3.05) is 0 Å². The number of hydrogen-bond donors (Lipinski definition) is 0. The summed E-state index contributed by atoms with van der Waals surface area (Å²) in [5, 5.41) is 4.95. The predicted molar refractivity (Wildman–Crippen MR) is 82.8 cm³/mol. The molecule has 1 fully saturated rings. The number of aromatic nitrogens is 2. The second-order valence-corrected chi connectivity index (χ2v) is 8.23. The maximum Gasteiger partial charge on any atom is 0.266 e. The van der Waals surface area contributed by atoms with Gasteiger partial charge in [0.2, 0.25) is 0 Å². The third kappa shape index (κ3) is 3.06. The zero-order valence-electron chi connectivity index (χ0n) is 10.8. The van der Waals surface area contributed by atoms with Gasteiger partial charge in [-0.1, -0.05) is 41.4 Å². The Morgan fingerprint density at radius 3 is 2.48 bits per heavy atom. The molecule has 2 aromatic rings. The van der Waals surface area contributed by atoms with Crippen LogP contribution in [0.4, 0.5) is 0 Å². The summed E-state index contributed by atoms with van der Waals surface area (Å²) in [7, 11) is 1.57. The van der Waals surface area contributed by atoms with E-state index in [1.807, 2.05) is 18.2 Å². The summed E-state index contributed by atoms with van der Waals surface area (Å²) in [6, 6.07) is 7.27. The summed E-state index contributed by atoms with van der Waals surface area (Å²) in [6.45, 7) is 0.296. The van der Waals surface area contributed by atoms with E-state index < -0.39 is 9.05 Å². The molecule has 0 saturated heterocycles. The maximum absolute atomic E-state index is 11.7. The molecule has 0 unspecified atom stereocenters. The first-order valence-corrected chi connectivity index (χ1v) is 9.38. The molecule has 0 N–H and O–H groups in total. The highest BCUT2D eigenvalue weighted by molar-refractivity contribution is 8.13. The maximum atomic E-state index is 11.7. The number of rotatable bonds is 4. The molecule has 0 bridgehead atoms. The SMILES string of the molecule is O=S(=O)(Cl)c1c(C2CC2)nn(Cc2ccccc2Cl)c1Cl. The van der Waals surface area contributed by atoms with Crippen molar-refractivity contribution in [3.05, 3.63) is 45.7 Å². The van der Waals surface area contributed by atoms with Crippen molar-refractivity contribution in [1.29, 1.82) is 0 Å². The van der Waals surface area contributed by atoms with Gasteiger partial charge in [0.05, 0.1) is 12.2 Å². The molecule has 0 atom stereocenters. The van der Waals surface area contributed by atoms with Crippen molar-refractivity contribution in [2.24, 2.45) is 0 Å². The highest BCUT2D eigenvalue weighted by atomic mass is 35.7. The Hall–Kier alpha value is -0.750. The molecular formula is C13H11Cl3N2O2S. The van der Waals surface area contributed by atoms with Crippen molar-refractivity contribution in [3.8, 4) is 0 Å². The lowest BCUT2D eigenvalue weighted by Crippen LogP contribution is -2.03. The van der Waals surface area contributed by atoms with E-state index in [0.717, 1.165) is 18.4 Å². The minimum absolute atomic E-state index is 0.0341. The lowest BCUT2D eigenvalue weighted by molar-refractivity contribution is 0.608. The number of halogens is 3. The second kappa shape index (κ2) is 5.47. The van der Waals surface area contributed by atoms with Crippen molar-refractivity contribution >= 4 is 42.9 Å². The number of benzene rings is 1. The first-order chi connectivity index (χ1) is 9.88. The van der Waals surface area contributed by atoms with Crippen LogP contribution < -0.4 is 0 Å². The van der Waals surface area contributed by atoms with Crippen molar-refractivity contribution in [1.82, 2.24) is 9.78 Å². The standard InChI is InChI=1S/C13H11Cl3N2O2S/c14-10-4-2-1-3-9(10)7-18-13(15)12(21(16,19)20)11(17-18)8-5-6-8/h1-4,8H,5-7H2. The van der Waals surface area contributed by atoms with Crippen LogP contribution in [0.2, 0.25) is 10.2 Å². The smallest absolute Gasteiger partial charge is 0.248 e. The van der Waals surface area contributed by atoms with Crippen LogP contribution in [-0.4, -0.2) is 18.2 Å². The number of nitrogens with zero attached hydrogens (tertiary/aromatic N) is 2. The van der Waals surface area contributed by atoms with Gasteiger partial charge < -0.3 is 0 Å². The summed E-state index contributed by atoms with van der Waals surface area (Å²) in [5.74, 6) is 0.124. The average Bonchev–Trinajstić information content (AvgIpc) is 3.17. The lowest BCUT2D eigenvalue weighted by Gasteiger charge is -2.05. The van der Waals surface area contributed by atoms with Gasteiger partial charge in [-0.05, 0) is 24.5 Å². The third-order valence-electron chi connectivity index (χ3n) is 3.36. The predicted octanol–water partition coefficient (Wildman–Crippen LogP) is 4.04. The molecule has 0 spiro atoms. The molecule has 1 aromatic heterocycles. The first kappa shape index (κ1) is 15.2. The van der Waals surface area contributed by atoms with Gasteiger partial charge in [0.15, 0.2) is 0 Å². The third-order valence-corrected chi connectivity index (χ3v) is 5.58. The van der Waals surface area contributed by atoms with Gasteiger partial charge >= 0.3 is 0 Å². The average molecular weight is 366 g/mol. The lowest BCUT2D eigenvalue weighted by atomic mass is 10.2. The summed E-state index contributed by atoms with van der Waals surface area (Å²) in [5.41, 5.74) is 1.27. The largest absolute Gasteiger partial charge is 0.266 e. The second-order valence-electron chi connectivity index (χ2n) is 4.97. The molecule has 8 heteroatoms. The molecule has 1 aliphatic rings. The monoisotopic (exact) mass is 364 g/mol. The Morgan fingerprint density at radius 2 is 1.90 bits per heavy atom. The van der Waals surface area contributed by atoms with Crippen LogP contribution in [-0.2, 0) is 15.6 Å². The van der Waals surface area contributed by atoms with E-state index in [2.05, 4.69) is 5.10 Å². The zero-order chi connectivity index (χ0) is 15.2. The van der Waals surface area contributed by atoms with E-state index >= 15 is 0 Å². The summed E-state index contributed by atoms with van der Waals surface area (Å²) in [4.78, 5) is -0.0691. The van der Waals surface area contributed by atoms with Gasteiger partial charge in [-0.25, -0.2) is 13.1 Å². The zero-order valence-corrected chi connectivity index (χ0v) is 13.8. The highest BCUT2D eigenvalue weighted by Crippen LogP contribution is 2.45. The van der Waals surface area contributed by atoms with Crippen molar-refractivity contribution in [2.45, 2.75) is 30.2 Å². The minimum atomic E-state index is -3.93. The van der Waals surface area contributed by atoms with Crippen LogP contribution in [0.25, 0.3) is 0 Å². The van der Waals surface area contributed by atoms with Gasteiger partial charge in [0.1, 0.15) is 10.0 Å². The van der Waals surface area contributed by atoms with Crippen LogP contribution in [0.3, 0.4) is 0 Å². The molecule has 112 valence electrons. The Kier molecular flexibility index (Phi) is 3.94. The van der Waals surface area contributed by atoms with E-state index in [4.69, 9.17) is 33.9 Å². The van der Waals surface area contributed by atoms with Gasteiger partial charge in [-0.3, -0.25) is 0 Å². The molecule has 1 aromatic carbocycles. The van der Waals surface area contributed by atoms with E-state index in [0.29, 0.717) is 17.3 Å². The van der Waals surface area contributed by atoms with E-state index in [9.17, 15) is 8.42 Å². The summed E-state index contributed by atoms with van der Waals surface area (Å²) in [6.07, 6.45) is 1.80.